The molecular weight excluding hydrogens is 460 g/mol. The molecule has 4 rings (SSSR count). The number of halogens is 1. The Balaban J connectivity index is 1.72. The predicted octanol–water partition coefficient (Wildman–Crippen LogP) is 5.22. The van der Waals surface area contributed by atoms with Crippen LogP contribution in [0.1, 0.15) is 6.92 Å². The number of anilines is 2. The first kappa shape index (κ1) is 22.4. The molecule has 2 N–H and O–H groups in total. The van der Waals surface area contributed by atoms with Gasteiger partial charge in [-0.1, -0.05) is 54.1 Å². The molecule has 1 heterocycles. The molecule has 0 saturated heterocycles. The summed E-state index contributed by atoms with van der Waals surface area (Å²) >= 11 is 6.00. The first-order valence-electron chi connectivity index (χ1n) is 9.91. The van der Waals surface area contributed by atoms with Crippen LogP contribution in [0, 0.1) is 0 Å². The maximum Gasteiger partial charge on any atom is 0.264 e. The van der Waals surface area contributed by atoms with Crippen LogP contribution in [-0.2, 0) is 14.8 Å². The third-order valence-corrected chi connectivity index (χ3v) is 6.24. The SMILES string of the molecule is CC(=O)Nc1ccc(S(=O)(=O)Nc2nc(-c3ccccc3)cc(-c3ccc(Cl)cc3)n2)cc1. The van der Waals surface area contributed by atoms with E-state index >= 15 is 0 Å². The van der Waals surface area contributed by atoms with E-state index in [0.717, 1.165) is 11.1 Å². The van der Waals surface area contributed by atoms with Crippen molar-refractivity contribution in [2.24, 2.45) is 0 Å². The van der Waals surface area contributed by atoms with Crippen molar-refractivity contribution in [3.8, 4) is 22.5 Å². The number of rotatable bonds is 6. The molecule has 9 heteroatoms. The van der Waals surface area contributed by atoms with Crippen LogP contribution in [0.2, 0.25) is 5.02 Å². The lowest BCUT2D eigenvalue weighted by molar-refractivity contribution is -0.114. The number of hydrogen-bond donors (Lipinski definition) is 2. The fourth-order valence-electron chi connectivity index (χ4n) is 3.12. The monoisotopic (exact) mass is 478 g/mol. The summed E-state index contributed by atoms with van der Waals surface area (Å²) in [6.07, 6.45) is 0. The van der Waals surface area contributed by atoms with Crippen molar-refractivity contribution in [2.75, 3.05) is 10.0 Å². The van der Waals surface area contributed by atoms with Gasteiger partial charge in [0.05, 0.1) is 16.3 Å². The van der Waals surface area contributed by atoms with E-state index in [1.165, 1.54) is 31.2 Å². The summed E-state index contributed by atoms with van der Waals surface area (Å²) in [6, 6.07) is 24.1. The van der Waals surface area contributed by atoms with Gasteiger partial charge in [-0.2, -0.15) is 0 Å². The first-order chi connectivity index (χ1) is 15.8. The van der Waals surface area contributed by atoms with Crippen molar-refractivity contribution in [1.82, 2.24) is 9.97 Å². The number of amides is 1. The average molecular weight is 479 g/mol. The zero-order chi connectivity index (χ0) is 23.4. The maximum atomic E-state index is 13.0. The largest absolute Gasteiger partial charge is 0.326 e. The summed E-state index contributed by atoms with van der Waals surface area (Å²) in [7, 11) is -3.97. The average Bonchev–Trinajstić information content (AvgIpc) is 2.79. The van der Waals surface area contributed by atoms with E-state index in [4.69, 9.17) is 11.6 Å². The molecule has 0 spiro atoms. The number of carbonyl (C=O) groups excluding carboxylic acids is 1. The summed E-state index contributed by atoms with van der Waals surface area (Å²) in [5.41, 5.74) is 3.18. The van der Waals surface area contributed by atoms with E-state index < -0.39 is 10.0 Å². The topological polar surface area (TPSA) is 101 Å². The third kappa shape index (κ3) is 5.54. The molecule has 0 radical (unpaired) electrons. The summed E-state index contributed by atoms with van der Waals surface area (Å²) in [5.74, 6) is -0.308. The molecule has 0 atom stereocenters. The zero-order valence-electron chi connectivity index (χ0n) is 17.5. The van der Waals surface area contributed by atoms with Crippen molar-refractivity contribution >= 4 is 39.2 Å². The normalized spacial score (nSPS) is 11.1. The minimum Gasteiger partial charge on any atom is -0.326 e. The molecule has 0 unspecified atom stereocenters. The molecule has 3 aromatic carbocycles. The lowest BCUT2D eigenvalue weighted by Crippen LogP contribution is -2.16. The van der Waals surface area contributed by atoms with E-state index in [0.29, 0.717) is 22.1 Å². The van der Waals surface area contributed by atoms with Crippen LogP contribution >= 0.6 is 11.6 Å². The van der Waals surface area contributed by atoms with Crippen LogP contribution in [-0.4, -0.2) is 24.3 Å². The fourth-order valence-corrected chi connectivity index (χ4v) is 4.19. The summed E-state index contributed by atoms with van der Waals surface area (Å²) in [6.45, 7) is 1.38. The van der Waals surface area contributed by atoms with Gasteiger partial charge in [0.2, 0.25) is 11.9 Å². The minimum atomic E-state index is -3.97. The number of sulfonamides is 1. The van der Waals surface area contributed by atoms with Crippen molar-refractivity contribution in [3.05, 3.63) is 90.0 Å². The van der Waals surface area contributed by atoms with Gasteiger partial charge in [-0.15, -0.1) is 0 Å². The van der Waals surface area contributed by atoms with Crippen LogP contribution in [0.3, 0.4) is 0 Å². The lowest BCUT2D eigenvalue weighted by Gasteiger charge is -2.11. The third-order valence-electron chi connectivity index (χ3n) is 4.65. The van der Waals surface area contributed by atoms with Gasteiger partial charge in [-0.05, 0) is 42.5 Å². The van der Waals surface area contributed by atoms with Crippen molar-refractivity contribution in [1.29, 1.82) is 0 Å². The molecule has 0 saturated carbocycles. The van der Waals surface area contributed by atoms with Gasteiger partial charge < -0.3 is 5.32 Å². The van der Waals surface area contributed by atoms with E-state index in [1.807, 2.05) is 30.3 Å². The molecule has 33 heavy (non-hydrogen) atoms. The minimum absolute atomic E-state index is 0.0124. The first-order valence-corrected chi connectivity index (χ1v) is 11.8. The highest BCUT2D eigenvalue weighted by Crippen LogP contribution is 2.27. The highest BCUT2D eigenvalue weighted by atomic mass is 35.5. The second-order valence-corrected chi connectivity index (χ2v) is 9.26. The Hall–Kier alpha value is -3.75. The molecule has 4 aromatic rings. The van der Waals surface area contributed by atoms with E-state index in [-0.39, 0.29) is 16.8 Å². The second kappa shape index (κ2) is 9.40. The Morgan fingerprint density at radius 1 is 0.818 bits per heavy atom. The second-order valence-electron chi connectivity index (χ2n) is 7.15. The van der Waals surface area contributed by atoms with Crippen LogP contribution in [0.5, 0.6) is 0 Å². The Morgan fingerprint density at radius 2 is 1.39 bits per heavy atom. The number of nitrogens with one attached hydrogen (secondary N) is 2. The Kier molecular flexibility index (Phi) is 6.39. The molecule has 0 fully saturated rings. The summed E-state index contributed by atoms with van der Waals surface area (Å²) < 4.78 is 28.4. The molecule has 1 aromatic heterocycles. The van der Waals surface area contributed by atoms with Crippen molar-refractivity contribution < 1.29 is 13.2 Å². The molecule has 0 bridgehead atoms. The van der Waals surface area contributed by atoms with Crippen molar-refractivity contribution in [2.45, 2.75) is 11.8 Å². The van der Waals surface area contributed by atoms with Crippen LogP contribution in [0.4, 0.5) is 11.6 Å². The summed E-state index contributed by atoms with van der Waals surface area (Å²) in [4.78, 5) is 20.1. The quantitative estimate of drug-likeness (QED) is 0.395. The lowest BCUT2D eigenvalue weighted by atomic mass is 10.1. The maximum absolute atomic E-state index is 13.0. The fraction of sp³-hybridized carbons (Fsp3) is 0.0417. The number of carbonyl (C=O) groups is 1. The van der Waals surface area contributed by atoms with E-state index in [1.54, 1.807) is 30.3 Å². The number of benzene rings is 3. The Labute approximate surface area is 196 Å². The van der Waals surface area contributed by atoms with Crippen LogP contribution in [0.25, 0.3) is 22.5 Å². The van der Waals surface area contributed by atoms with E-state index in [2.05, 4.69) is 20.0 Å². The van der Waals surface area contributed by atoms with Crippen LogP contribution < -0.4 is 10.0 Å². The van der Waals surface area contributed by atoms with Crippen molar-refractivity contribution in [3.63, 3.8) is 0 Å². The van der Waals surface area contributed by atoms with Gasteiger partial charge >= 0.3 is 0 Å². The van der Waals surface area contributed by atoms with Gasteiger partial charge in [-0.25, -0.2) is 23.1 Å². The molecule has 0 aliphatic rings. The zero-order valence-corrected chi connectivity index (χ0v) is 19.1. The molecule has 0 aliphatic heterocycles. The van der Waals surface area contributed by atoms with Gasteiger partial charge in [0.15, 0.2) is 0 Å². The van der Waals surface area contributed by atoms with E-state index in [9.17, 15) is 13.2 Å². The molecule has 0 aliphatic carbocycles. The molecule has 1 amide bonds. The molecule has 166 valence electrons. The Bertz CT molecular complexity index is 1390. The standard InChI is InChI=1S/C24H19ClN4O3S/c1-16(30)26-20-11-13-21(14-12-20)33(31,32)29-24-27-22(17-5-3-2-4-6-17)15-23(28-24)18-7-9-19(25)10-8-18/h2-15H,1H3,(H,26,30)(H,27,28,29). The molecule has 7 nitrogen and oxygen atoms in total. The molecular formula is C24H19ClN4O3S. The highest BCUT2D eigenvalue weighted by molar-refractivity contribution is 7.92. The van der Waals surface area contributed by atoms with Crippen LogP contribution in [0.15, 0.2) is 89.8 Å². The number of aromatic nitrogens is 2. The predicted molar refractivity (Wildman–Crippen MR) is 129 cm³/mol. The van der Waals surface area contributed by atoms with Gasteiger partial charge in [-0.3, -0.25) is 4.79 Å². The number of nitrogens with zero attached hydrogens (tertiary/aromatic N) is 2. The Morgan fingerprint density at radius 3 is 1.97 bits per heavy atom. The van der Waals surface area contributed by atoms with Gasteiger partial charge in [0, 0.05) is 28.8 Å². The summed E-state index contributed by atoms with van der Waals surface area (Å²) in [5, 5.41) is 3.18. The van der Waals surface area contributed by atoms with Gasteiger partial charge in [0.1, 0.15) is 0 Å². The number of hydrogen-bond acceptors (Lipinski definition) is 5. The van der Waals surface area contributed by atoms with Gasteiger partial charge in [0.25, 0.3) is 10.0 Å². The highest BCUT2D eigenvalue weighted by Gasteiger charge is 2.18. The smallest absolute Gasteiger partial charge is 0.264 e.